The van der Waals surface area contributed by atoms with Crippen LogP contribution in [0.3, 0.4) is 0 Å². The predicted octanol–water partition coefficient (Wildman–Crippen LogP) is 2.46. The minimum atomic E-state index is -0.210. The monoisotopic (exact) mass is 257 g/mol. The van der Waals surface area contributed by atoms with Gasteiger partial charge in [0.15, 0.2) is 0 Å². The fraction of sp³-hybridized carbons (Fsp3) is 0.143. The Balaban J connectivity index is 1.92. The third-order valence-electron chi connectivity index (χ3n) is 2.38. The van der Waals surface area contributed by atoms with Crippen LogP contribution in [0.15, 0.2) is 42.6 Å². The van der Waals surface area contributed by atoms with Gasteiger partial charge >= 0.3 is 0 Å². The lowest BCUT2D eigenvalue weighted by Gasteiger charge is -2.02. The van der Waals surface area contributed by atoms with Crippen molar-refractivity contribution in [3.63, 3.8) is 0 Å². The number of nitrogens with zero attached hydrogens (tertiary/aromatic N) is 1. The highest BCUT2D eigenvalue weighted by Gasteiger charge is 1.98. The number of benzene rings is 1. The van der Waals surface area contributed by atoms with Gasteiger partial charge in [-0.3, -0.25) is 9.89 Å². The standard InChI is InChI=1S/C14H15N3O2/c1-2-19-12-6-3-11(4-7-12)5-8-14(18)16-13-9-10-15-17-13/h3-10H,2H2,1H3,(H2,15,16,17,18). The molecule has 0 aliphatic rings. The maximum Gasteiger partial charge on any atom is 0.249 e. The molecule has 1 aromatic carbocycles. The largest absolute Gasteiger partial charge is 0.494 e. The van der Waals surface area contributed by atoms with E-state index in [1.54, 1.807) is 18.3 Å². The van der Waals surface area contributed by atoms with Crippen molar-refractivity contribution in [2.75, 3.05) is 11.9 Å². The second-order valence-electron chi connectivity index (χ2n) is 3.79. The summed E-state index contributed by atoms with van der Waals surface area (Å²) in [6.07, 6.45) is 4.78. The van der Waals surface area contributed by atoms with Gasteiger partial charge in [0, 0.05) is 12.1 Å². The van der Waals surface area contributed by atoms with Gasteiger partial charge in [-0.2, -0.15) is 5.10 Å². The number of carbonyl (C=O) groups is 1. The number of rotatable bonds is 5. The lowest BCUT2D eigenvalue weighted by Crippen LogP contribution is -2.07. The van der Waals surface area contributed by atoms with Crippen molar-refractivity contribution < 1.29 is 9.53 Å². The molecule has 2 N–H and O–H groups in total. The second kappa shape index (κ2) is 6.39. The highest BCUT2D eigenvalue weighted by atomic mass is 16.5. The molecule has 1 aromatic heterocycles. The smallest absolute Gasteiger partial charge is 0.249 e. The highest BCUT2D eigenvalue weighted by molar-refractivity contribution is 6.01. The molecule has 2 rings (SSSR count). The average molecular weight is 257 g/mol. The zero-order chi connectivity index (χ0) is 13.5. The van der Waals surface area contributed by atoms with Crippen molar-refractivity contribution in [3.8, 4) is 5.75 Å². The fourth-order valence-electron chi connectivity index (χ4n) is 1.51. The van der Waals surface area contributed by atoms with E-state index in [-0.39, 0.29) is 5.91 Å². The maximum absolute atomic E-state index is 11.6. The van der Waals surface area contributed by atoms with E-state index in [0.717, 1.165) is 11.3 Å². The van der Waals surface area contributed by atoms with Gasteiger partial charge in [-0.1, -0.05) is 12.1 Å². The van der Waals surface area contributed by atoms with E-state index >= 15 is 0 Å². The summed E-state index contributed by atoms with van der Waals surface area (Å²) >= 11 is 0. The number of nitrogens with one attached hydrogen (secondary N) is 2. The van der Waals surface area contributed by atoms with Crippen LogP contribution in [0.4, 0.5) is 5.82 Å². The van der Waals surface area contributed by atoms with Crippen LogP contribution in [0.25, 0.3) is 6.08 Å². The zero-order valence-corrected chi connectivity index (χ0v) is 10.6. The van der Waals surface area contributed by atoms with Gasteiger partial charge in [0.1, 0.15) is 11.6 Å². The van der Waals surface area contributed by atoms with Crippen molar-refractivity contribution in [3.05, 3.63) is 48.2 Å². The van der Waals surface area contributed by atoms with Crippen molar-refractivity contribution in [2.24, 2.45) is 0 Å². The molecule has 0 aliphatic carbocycles. The molecule has 0 saturated carbocycles. The Bertz CT molecular complexity index is 545. The Morgan fingerprint density at radius 1 is 1.37 bits per heavy atom. The molecule has 2 aromatic rings. The highest BCUT2D eigenvalue weighted by Crippen LogP contribution is 2.13. The molecule has 0 bridgehead atoms. The van der Waals surface area contributed by atoms with Crippen LogP contribution >= 0.6 is 0 Å². The maximum atomic E-state index is 11.6. The topological polar surface area (TPSA) is 67.0 Å². The van der Waals surface area contributed by atoms with Crippen LogP contribution in [-0.4, -0.2) is 22.7 Å². The van der Waals surface area contributed by atoms with E-state index in [4.69, 9.17) is 4.74 Å². The molecule has 0 radical (unpaired) electrons. The first-order valence-corrected chi connectivity index (χ1v) is 5.99. The predicted molar refractivity (Wildman–Crippen MR) is 73.9 cm³/mol. The Hall–Kier alpha value is -2.56. The number of anilines is 1. The Kier molecular flexibility index (Phi) is 4.34. The molecule has 5 heteroatoms. The third-order valence-corrected chi connectivity index (χ3v) is 2.38. The number of hydrogen-bond donors (Lipinski definition) is 2. The molecule has 98 valence electrons. The van der Waals surface area contributed by atoms with Crippen LogP contribution in [0.2, 0.25) is 0 Å². The van der Waals surface area contributed by atoms with Gasteiger partial charge in [0.25, 0.3) is 0 Å². The molecule has 5 nitrogen and oxygen atoms in total. The summed E-state index contributed by atoms with van der Waals surface area (Å²) in [6, 6.07) is 9.21. The summed E-state index contributed by atoms with van der Waals surface area (Å²) in [5, 5.41) is 9.05. The molecule has 0 aliphatic heterocycles. The van der Waals surface area contributed by atoms with Gasteiger partial charge in [0.05, 0.1) is 12.8 Å². The summed E-state index contributed by atoms with van der Waals surface area (Å²) in [6.45, 7) is 2.58. The van der Waals surface area contributed by atoms with Gasteiger partial charge in [-0.05, 0) is 30.7 Å². The molecule has 1 amide bonds. The van der Waals surface area contributed by atoms with E-state index in [2.05, 4.69) is 15.5 Å². The Morgan fingerprint density at radius 3 is 2.79 bits per heavy atom. The molecule has 0 fully saturated rings. The van der Waals surface area contributed by atoms with Crippen LogP contribution in [0.1, 0.15) is 12.5 Å². The first-order valence-electron chi connectivity index (χ1n) is 5.99. The molecule has 0 unspecified atom stereocenters. The van der Waals surface area contributed by atoms with Crippen LogP contribution in [0.5, 0.6) is 5.75 Å². The number of amides is 1. The molecular weight excluding hydrogens is 242 g/mol. The van der Waals surface area contributed by atoms with Crippen molar-refractivity contribution in [1.29, 1.82) is 0 Å². The van der Waals surface area contributed by atoms with E-state index < -0.39 is 0 Å². The minimum absolute atomic E-state index is 0.210. The quantitative estimate of drug-likeness (QED) is 0.808. The first kappa shape index (κ1) is 12.9. The van der Waals surface area contributed by atoms with Crippen LogP contribution in [0, 0.1) is 0 Å². The summed E-state index contributed by atoms with van der Waals surface area (Å²) in [5.41, 5.74) is 0.934. The van der Waals surface area contributed by atoms with E-state index in [9.17, 15) is 4.79 Å². The minimum Gasteiger partial charge on any atom is -0.494 e. The number of hydrogen-bond acceptors (Lipinski definition) is 3. The van der Waals surface area contributed by atoms with Gasteiger partial charge in [-0.15, -0.1) is 0 Å². The van der Waals surface area contributed by atoms with Crippen molar-refractivity contribution in [1.82, 2.24) is 10.2 Å². The van der Waals surface area contributed by atoms with Gasteiger partial charge in [-0.25, -0.2) is 0 Å². The lowest BCUT2D eigenvalue weighted by atomic mass is 10.2. The summed E-state index contributed by atoms with van der Waals surface area (Å²) < 4.78 is 5.34. The SMILES string of the molecule is CCOc1ccc(C=CC(=O)Nc2ccn[nH]2)cc1. The average Bonchev–Trinajstić information content (AvgIpc) is 2.91. The number of aromatic amines is 1. The summed E-state index contributed by atoms with van der Waals surface area (Å²) in [5.74, 6) is 1.18. The number of aromatic nitrogens is 2. The Labute approximate surface area is 111 Å². The summed E-state index contributed by atoms with van der Waals surface area (Å²) in [7, 11) is 0. The molecule has 0 saturated heterocycles. The number of carbonyl (C=O) groups excluding carboxylic acids is 1. The van der Waals surface area contributed by atoms with E-state index in [1.807, 2.05) is 31.2 Å². The van der Waals surface area contributed by atoms with E-state index in [0.29, 0.717) is 12.4 Å². The van der Waals surface area contributed by atoms with Gasteiger partial charge < -0.3 is 10.1 Å². The van der Waals surface area contributed by atoms with Gasteiger partial charge in [0.2, 0.25) is 5.91 Å². The molecule has 19 heavy (non-hydrogen) atoms. The lowest BCUT2D eigenvalue weighted by molar-refractivity contribution is -0.111. The van der Waals surface area contributed by atoms with E-state index in [1.165, 1.54) is 6.08 Å². The van der Waals surface area contributed by atoms with Crippen LogP contribution in [-0.2, 0) is 4.79 Å². The molecule has 1 heterocycles. The number of ether oxygens (including phenoxy) is 1. The van der Waals surface area contributed by atoms with Crippen molar-refractivity contribution in [2.45, 2.75) is 6.92 Å². The Morgan fingerprint density at radius 2 is 2.16 bits per heavy atom. The molecule has 0 spiro atoms. The molecule has 0 atom stereocenters. The van der Waals surface area contributed by atoms with Crippen molar-refractivity contribution >= 4 is 17.8 Å². The molecular formula is C14H15N3O2. The fourth-order valence-corrected chi connectivity index (χ4v) is 1.51. The third kappa shape index (κ3) is 3.99. The zero-order valence-electron chi connectivity index (χ0n) is 10.6. The number of H-pyrrole nitrogens is 1. The summed E-state index contributed by atoms with van der Waals surface area (Å²) in [4.78, 5) is 11.6. The second-order valence-corrected chi connectivity index (χ2v) is 3.79. The van der Waals surface area contributed by atoms with Crippen LogP contribution < -0.4 is 10.1 Å². The normalized spacial score (nSPS) is 10.6. The first-order chi connectivity index (χ1) is 9.28.